The van der Waals surface area contributed by atoms with Gasteiger partial charge in [-0.25, -0.2) is 0 Å². The zero-order valence-corrected chi connectivity index (χ0v) is 12.9. The summed E-state index contributed by atoms with van der Waals surface area (Å²) in [5, 5.41) is 14.4. The molecule has 2 N–H and O–H groups in total. The normalized spacial score (nSPS) is 17.3. The largest absolute Gasteiger partial charge is 0.394 e. The second-order valence-electron chi connectivity index (χ2n) is 5.90. The van der Waals surface area contributed by atoms with Crippen molar-refractivity contribution >= 4 is 17.3 Å². The molecule has 1 atom stereocenters. The number of aryl methyl sites for hydroxylation is 1. The lowest BCUT2D eigenvalue weighted by molar-refractivity contribution is 0.193. The van der Waals surface area contributed by atoms with Gasteiger partial charge in [-0.3, -0.25) is 0 Å². The van der Waals surface area contributed by atoms with Gasteiger partial charge in [0.1, 0.15) is 0 Å². The van der Waals surface area contributed by atoms with Crippen LogP contribution in [0.4, 0.5) is 5.69 Å². The van der Waals surface area contributed by atoms with Crippen molar-refractivity contribution in [3.8, 4) is 0 Å². The van der Waals surface area contributed by atoms with Gasteiger partial charge in [-0.05, 0) is 55.5 Å². The second-order valence-corrected chi connectivity index (χ2v) is 6.34. The number of aliphatic hydroxyl groups excluding tert-OH is 1. The van der Waals surface area contributed by atoms with Gasteiger partial charge in [-0.2, -0.15) is 0 Å². The third-order valence-corrected chi connectivity index (χ3v) is 4.55. The summed E-state index contributed by atoms with van der Waals surface area (Å²) in [6.07, 6.45) is 2.28. The van der Waals surface area contributed by atoms with Crippen LogP contribution in [0, 0.1) is 12.8 Å². The molecule has 2 aromatic rings. The quantitative estimate of drug-likeness (QED) is 0.860. The maximum Gasteiger partial charge on any atom is 0.0885 e. The topological polar surface area (TPSA) is 32.3 Å². The van der Waals surface area contributed by atoms with E-state index in [9.17, 15) is 5.11 Å². The molecule has 1 fully saturated rings. The molecule has 2 nitrogen and oxygen atoms in total. The fraction of sp³-hybridized carbons (Fsp3) is 0.333. The predicted octanol–water partition coefficient (Wildman–Crippen LogP) is 4.36. The Morgan fingerprint density at radius 3 is 2.24 bits per heavy atom. The Balaban J connectivity index is 1.96. The van der Waals surface area contributed by atoms with E-state index in [1.807, 2.05) is 24.3 Å². The summed E-state index contributed by atoms with van der Waals surface area (Å²) in [5.74, 6) is 0.463. The number of anilines is 1. The molecular weight excluding hydrogens is 282 g/mol. The Morgan fingerprint density at radius 1 is 1.10 bits per heavy atom. The van der Waals surface area contributed by atoms with E-state index >= 15 is 0 Å². The first kappa shape index (κ1) is 14.4. The summed E-state index contributed by atoms with van der Waals surface area (Å²) in [4.78, 5) is 0. The highest BCUT2D eigenvalue weighted by Gasteiger charge is 2.46. The number of halogens is 1. The minimum atomic E-state index is -0.417. The van der Waals surface area contributed by atoms with Gasteiger partial charge in [0, 0.05) is 10.7 Å². The smallest absolute Gasteiger partial charge is 0.0885 e. The van der Waals surface area contributed by atoms with Gasteiger partial charge < -0.3 is 10.4 Å². The first-order chi connectivity index (χ1) is 10.1. The molecule has 0 aromatic heterocycles. The van der Waals surface area contributed by atoms with E-state index in [2.05, 4.69) is 36.5 Å². The lowest BCUT2D eigenvalue weighted by Crippen LogP contribution is -2.41. The highest BCUT2D eigenvalue weighted by molar-refractivity contribution is 6.30. The Kier molecular flexibility index (Phi) is 3.92. The van der Waals surface area contributed by atoms with E-state index in [0.717, 1.165) is 29.1 Å². The Labute approximate surface area is 130 Å². The van der Waals surface area contributed by atoms with Gasteiger partial charge >= 0.3 is 0 Å². The number of rotatable bonds is 5. The molecule has 0 radical (unpaired) electrons. The predicted molar refractivity (Wildman–Crippen MR) is 87.7 cm³/mol. The zero-order chi connectivity index (χ0) is 14.9. The summed E-state index contributed by atoms with van der Waals surface area (Å²) in [7, 11) is 0. The molecule has 0 aliphatic heterocycles. The molecule has 1 aliphatic carbocycles. The highest BCUT2D eigenvalue weighted by Crippen LogP contribution is 2.47. The first-order valence-corrected chi connectivity index (χ1v) is 7.73. The number of benzene rings is 2. The molecule has 2 aromatic carbocycles. The molecule has 1 saturated carbocycles. The lowest BCUT2D eigenvalue weighted by atomic mass is 9.85. The number of hydrogen-bond donors (Lipinski definition) is 2. The van der Waals surface area contributed by atoms with Crippen molar-refractivity contribution in [3.63, 3.8) is 0 Å². The molecule has 0 amide bonds. The molecule has 0 heterocycles. The molecule has 0 spiro atoms. The molecule has 1 aliphatic rings. The average molecular weight is 302 g/mol. The first-order valence-electron chi connectivity index (χ1n) is 7.36. The van der Waals surface area contributed by atoms with Crippen LogP contribution in [0.2, 0.25) is 5.02 Å². The Bertz CT molecular complexity index is 604. The van der Waals surface area contributed by atoms with Crippen molar-refractivity contribution in [2.75, 3.05) is 11.9 Å². The van der Waals surface area contributed by atoms with Crippen LogP contribution in [0.3, 0.4) is 0 Å². The van der Waals surface area contributed by atoms with E-state index < -0.39 is 5.54 Å². The van der Waals surface area contributed by atoms with Crippen LogP contribution < -0.4 is 5.32 Å². The molecule has 21 heavy (non-hydrogen) atoms. The maximum absolute atomic E-state index is 10.1. The second kappa shape index (κ2) is 5.70. The zero-order valence-electron chi connectivity index (χ0n) is 12.1. The fourth-order valence-corrected chi connectivity index (χ4v) is 3.01. The van der Waals surface area contributed by atoms with Gasteiger partial charge in [0.2, 0.25) is 0 Å². The van der Waals surface area contributed by atoms with Gasteiger partial charge in [-0.15, -0.1) is 0 Å². The van der Waals surface area contributed by atoms with Gasteiger partial charge in [0.05, 0.1) is 12.1 Å². The van der Waals surface area contributed by atoms with Crippen LogP contribution in [0.25, 0.3) is 0 Å². The van der Waals surface area contributed by atoms with Gasteiger partial charge in [-0.1, -0.05) is 41.4 Å². The van der Waals surface area contributed by atoms with Crippen LogP contribution in [0.1, 0.15) is 24.0 Å². The van der Waals surface area contributed by atoms with Crippen molar-refractivity contribution in [2.45, 2.75) is 25.3 Å². The molecule has 0 saturated heterocycles. The van der Waals surface area contributed by atoms with Crippen LogP contribution in [-0.2, 0) is 5.54 Å². The third kappa shape index (κ3) is 2.92. The van der Waals surface area contributed by atoms with Crippen molar-refractivity contribution in [1.29, 1.82) is 0 Å². The van der Waals surface area contributed by atoms with Crippen molar-refractivity contribution < 1.29 is 5.11 Å². The molecule has 3 rings (SSSR count). The van der Waals surface area contributed by atoms with Crippen molar-refractivity contribution in [1.82, 2.24) is 0 Å². The van der Waals surface area contributed by atoms with Crippen LogP contribution in [0.5, 0.6) is 0 Å². The molecule has 0 bridgehead atoms. The van der Waals surface area contributed by atoms with E-state index in [1.54, 1.807) is 0 Å². The van der Waals surface area contributed by atoms with E-state index in [4.69, 9.17) is 11.6 Å². The molecule has 110 valence electrons. The van der Waals surface area contributed by atoms with Gasteiger partial charge in [0.25, 0.3) is 0 Å². The summed E-state index contributed by atoms with van der Waals surface area (Å²) in [5.41, 5.74) is 2.95. The van der Waals surface area contributed by atoms with E-state index in [-0.39, 0.29) is 6.61 Å². The van der Waals surface area contributed by atoms with Crippen LogP contribution in [-0.4, -0.2) is 11.7 Å². The summed E-state index contributed by atoms with van der Waals surface area (Å²) in [6, 6.07) is 16.1. The number of nitrogens with one attached hydrogen (secondary N) is 1. The molecule has 1 unspecified atom stereocenters. The van der Waals surface area contributed by atoms with E-state index in [0.29, 0.717) is 5.92 Å². The lowest BCUT2D eigenvalue weighted by Gasteiger charge is -2.35. The fourth-order valence-electron chi connectivity index (χ4n) is 2.89. The van der Waals surface area contributed by atoms with Gasteiger partial charge in [0.15, 0.2) is 0 Å². The number of aliphatic hydroxyl groups is 1. The molecule has 3 heteroatoms. The summed E-state index contributed by atoms with van der Waals surface area (Å²) >= 11 is 5.99. The van der Waals surface area contributed by atoms with Crippen molar-refractivity contribution in [2.24, 2.45) is 5.92 Å². The van der Waals surface area contributed by atoms with Crippen LogP contribution in [0.15, 0.2) is 48.5 Å². The van der Waals surface area contributed by atoms with Crippen LogP contribution >= 0.6 is 11.6 Å². The minimum absolute atomic E-state index is 0.0766. The number of hydrogen-bond acceptors (Lipinski definition) is 2. The molecular formula is C18H20ClNO. The van der Waals surface area contributed by atoms with E-state index in [1.165, 1.54) is 5.56 Å². The maximum atomic E-state index is 10.1. The third-order valence-electron chi connectivity index (χ3n) is 4.30. The van der Waals surface area contributed by atoms with Crippen molar-refractivity contribution in [3.05, 3.63) is 64.7 Å². The highest BCUT2D eigenvalue weighted by atomic mass is 35.5. The SMILES string of the molecule is Cc1ccc(NC(CO)(c2ccc(Cl)cc2)C2CC2)cc1. The monoisotopic (exact) mass is 301 g/mol. The summed E-state index contributed by atoms with van der Waals surface area (Å²) in [6.45, 7) is 2.15. The summed E-state index contributed by atoms with van der Waals surface area (Å²) < 4.78 is 0. The Morgan fingerprint density at radius 2 is 1.71 bits per heavy atom. The minimum Gasteiger partial charge on any atom is -0.394 e. The standard InChI is InChI=1S/C18H20ClNO/c1-13-2-10-17(11-3-13)20-18(12-21,14-4-5-14)15-6-8-16(19)9-7-15/h2-3,6-11,14,20-21H,4-5,12H2,1H3. The Hall–Kier alpha value is -1.51. The average Bonchev–Trinajstić information content (AvgIpc) is 3.33.